The minimum Gasteiger partial charge on any atom is -0.492 e. The number of carbonyl (C=O) groups is 3. The lowest BCUT2D eigenvalue weighted by Crippen LogP contribution is -2.55. The van der Waals surface area contributed by atoms with E-state index in [4.69, 9.17) is 10.5 Å². The first-order chi connectivity index (χ1) is 15.6. The summed E-state index contributed by atoms with van der Waals surface area (Å²) in [6, 6.07) is 12.6. The maximum absolute atomic E-state index is 13.6. The van der Waals surface area contributed by atoms with Crippen molar-refractivity contribution in [2.45, 2.75) is 45.7 Å². The first-order valence-corrected chi connectivity index (χ1v) is 11.1. The van der Waals surface area contributed by atoms with Gasteiger partial charge in [0.2, 0.25) is 5.91 Å². The van der Waals surface area contributed by atoms with Crippen LogP contribution in [0.15, 0.2) is 42.5 Å². The quantitative estimate of drug-likeness (QED) is 0.635. The van der Waals surface area contributed by atoms with Crippen LogP contribution in [0.3, 0.4) is 0 Å². The van der Waals surface area contributed by atoms with Gasteiger partial charge in [-0.15, -0.1) is 0 Å². The minimum absolute atomic E-state index is 0.151. The number of fused-ring (bicyclic) bond motifs is 1. The second-order valence-electron chi connectivity index (χ2n) is 8.67. The van der Waals surface area contributed by atoms with Crippen LogP contribution < -0.4 is 15.4 Å². The predicted octanol–water partition coefficient (Wildman–Crippen LogP) is 3.14. The number of carboxylic acids is 1. The molecule has 1 aliphatic rings. The van der Waals surface area contributed by atoms with Crippen molar-refractivity contribution in [3.05, 3.63) is 48.0 Å². The number of aliphatic carboxylic acids is 1. The Balaban J connectivity index is 2.11. The second kappa shape index (κ2) is 9.62. The van der Waals surface area contributed by atoms with E-state index in [0.29, 0.717) is 36.6 Å². The second-order valence-corrected chi connectivity index (χ2v) is 8.67. The molecule has 176 valence electrons. The molecule has 3 rings (SSSR count). The van der Waals surface area contributed by atoms with Crippen LogP contribution in [0.1, 0.15) is 44.5 Å². The summed E-state index contributed by atoms with van der Waals surface area (Å²) in [7, 11) is 0. The third kappa shape index (κ3) is 4.71. The van der Waals surface area contributed by atoms with Gasteiger partial charge in [0.05, 0.1) is 11.3 Å². The van der Waals surface area contributed by atoms with E-state index >= 15 is 0 Å². The van der Waals surface area contributed by atoms with Crippen LogP contribution in [0, 0.1) is 0 Å². The zero-order chi connectivity index (χ0) is 24.3. The van der Waals surface area contributed by atoms with Crippen molar-refractivity contribution >= 4 is 23.5 Å². The Bertz CT molecular complexity index is 1050. The Kier molecular flexibility index (Phi) is 7.07. The van der Waals surface area contributed by atoms with Crippen molar-refractivity contribution in [3.63, 3.8) is 0 Å². The molecule has 0 aromatic heterocycles. The van der Waals surface area contributed by atoms with E-state index in [9.17, 15) is 19.5 Å². The lowest BCUT2D eigenvalue weighted by atomic mass is 9.98. The largest absolute Gasteiger partial charge is 0.492 e. The third-order valence-electron chi connectivity index (χ3n) is 6.10. The van der Waals surface area contributed by atoms with Gasteiger partial charge in [-0.1, -0.05) is 25.1 Å². The molecule has 0 aliphatic carbocycles. The average molecular weight is 454 g/mol. The molecule has 0 fully saturated rings. The molecule has 2 aromatic rings. The van der Waals surface area contributed by atoms with Gasteiger partial charge >= 0.3 is 5.97 Å². The highest BCUT2D eigenvalue weighted by Gasteiger charge is 2.43. The van der Waals surface area contributed by atoms with E-state index < -0.39 is 17.4 Å². The first kappa shape index (κ1) is 24.3. The van der Waals surface area contributed by atoms with Crippen molar-refractivity contribution < 1.29 is 24.2 Å². The van der Waals surface area contributed by atoms with E-state index in [2.05, 4.69) is 0 Å². The number of hydrogen-bond acceptors (Lipinski definition) is 5. The van der Waals surface area contributed by atoms with E-state index in [1.54, 1.807) is 17.0 Å². The molecular weight excluding hydrogens is 422 g/mol. The van der Waals surface area contributed by atoms with Crippen LogP contribution in [0.2, 0.25) is 0 Å². The van der Waals surface area contributed by atoms with Crippen LogP contribution in [0.4, 0.5) is 5.69 Å². The molecular formula is C25H31N3O5. The molecule has 3 N–H and O–H groups in total. The monoisotopic (exact) mass is 453 g/mol. The summed E-state index contributed by atoms with van der Waals surface area (Å²) in [6.07, 6.45) is 0.688. The van der Waals surface area contributed by atoms with Gasteiger partial charge in [-0.3, -0.25) is 9.59 Å². The molecule has 1 unspecified atom stereocenters. The molecule has 2 aromatic carbocycles. The molecule has 1 heterocycles. The molecule has 1 aliphatic heterocycles. The fourth-order valence-corrected chi connectivity index (χ4v) is 3.81. The fraction of sp³-hybridized carbons (Fsp3) is 0.400. The zero-order valence-corrected chi connectivity index (χ0v) is 19.5. The summed E-state index contributed by atoms with van der Waals surface area (Å²) in [6.45, 7) is 7.28. The number of ether oxygens (including phenoxy) is 1. The summed E-state index contributed by atoms with van der Waals surface area (Å²) in [4.78, 5) is 41.5. The number of rotatable bonds is 8. The molecule has 0 spiro atoms. The van der Waals surface area contributed by atoms with Crippen molar-refractivity contribution in [1.82, 2.24) is 4.90 Å². The van der Waals surface area contributed by atoms with Gasteiger partial charge in [-0.25, -0.2) is 4.79 Å². The van der Waals surface area contributed by atoms with Gasteiger partial charge in [-0.2, -0.15) is 0 Å². The summed E-state index contributed by atoms with van der Waals surface area (Å²) in [5.41, 5.74) is 6.36. The molecule has 2 amide bonds. The number of benzene rings is 2. The molecule has 0 saturated carbocycles. The third-order valence-corrected chi connectivity index (χ3v) is 6.10. The number of hydrogen-bond donors (Lipinski definition) is 2. The van der Waals surface area contributed by atoms with E-state index in [0.717, 1.165) is 16.0 Å². The van der Waals surface area contributed by atoms with Gasteiger partial charge < -0.3 is 25.4 Å². The minimum atomic E-state index is -1.55. The van der Waals surface area contributed by atoms with Crippen LogP contribution >= 0.6 is 0 Å². The number of carboxylic acid groups (broad SMARTS) is 1. The lowest BCUT2D eigenvalue weighted by Gasteiger charge is -2.34. The van der Waals surface area contributed by atoms with Gasteiger partial charge in [0.1, 0.15) is 24.4 Å². The van der Waals surface area contributed by atoms with Gasteiger partial charge in [0.25, 0.3) is 5.91 Å². The van der Waals surface area contributed by atoms with Gasteiger partial charge in [-0.05, 0) is 62.6 Å². The van der Waals surface area contributed by atoms with Gasteiger partial charge in [0, 0.05) is 12.6 Å². The fourth-order valence-electron chi connectivity index (χ4n) is 3.81. The van der Waals surface area contributed by atoms with E-state index in [1.165, 1.54) is 13.8 Å². The normalized spacial score (nSPS) is 15.2. The van der Waals surface area contributed by atoms with Crippen LogP contribution in [-0.4, -0.2) is 59.1 Å². The van der Waals surface area contributed by atoms with Crippen molar-refractivity contribution in [1.29, 1.82) is 0 Å². The standard InChI is InChI=1S/C25H31N3O5/c1-5-16(2)28-21-11-8-18(17-6-9-19(10-7-17)33-13-12-26)14-20(21)23(30)27(15-22(28)29)25(3,4)24(31)32/h6-11,14,16H,5,12-13,15,26H2,1-4H3,(H,31,32). The Morgan fingerprint density at radius 3 is 2.36 bits per heavy atom. The average Bonchev–Trinajstić information content (AvgIpc) is 2.91. The van der Waals surface area contributed by atoms with Crippen molar-refractivity contribution in [3.8, 4) is 16.9 Å². The summed E-state index contributed by atoms with van der Waals surface area (Å²) in [5.74, 6) is -1.27. The highest BCUT2D eigenvalue weighted by Crippen LogP contribution is 2.35. The first-order valence-electron chi connectivity index (χ1n) is 11.1. The Hall–Kier alpha value is -3.39. The number of anilines is 1. The lowest BCUT2D eigenvalue weighted by molar-refractivity contribution is -0.148. The summed E-state index contributed by atoms with van der Waals surface area (Å²) < 4.78 is 5.52. The number of nitrogens with zero attached hydrogens (tertiary/aromatic N) is 2. The topological polar surface area (TPSA) is 113 Å². The van der Waals surface area contributed by atoms with E-state index in [1.807, 2.05) is 44.2 Å². The van der Waals surface area contributed by atoms with Crippen molar-refractivity contribution in [2.75, 3.05) is 24.6 Å². The Labute approximate surface area is 193 Å². The van der Waals surface area contributed by atoms with Crippen LogP contribution in [-0.2, 0) is 9.59 Å². The Morgan fingerprint density at radius 2 is 1.79 bits per heavy atom. The SMILES string of the molecule is CCC(C)N1C(=O)CN(C(C)(C)C(=O)O)C(=O)c2cc(-c3ccc(OCCN)cc3)ccc21. The number of amides is 2. The smallest absolute Gasteiger partial charge is 0.329 e. The molecule has 33 heavy (non-hydrogen) atoms. The number of nitrogens with two attached hydrogens (primary N) is 1. The molecule has 8 nitrogen and oxygen atoms in total. The molecule has 8 heteroatoms. The molecule has 1 atom stereocenters. The molecule has 0 bridgehead atoms. The Morgan fingerprint density at radius 1 is 1.15 bits per heavy atom. The van der Waals surface area contributed by atoms with Crippen LogP contribution in [0.25, 0.3) is 11.1 Å². The van der Waals surface area contributed by atoms with E-state index in [-0.39, 0.29) is 18.5 Å². The van der Waals surface area contributed by atoms with Gasteiger partial charge in [0.15, 0.2) is 0 Å². The summed E-state index contributed by atoms with van der Waals surface area (Å²) >= 11 is 0. The molecule has 0 saturated heterocycles. The highest BCUT2D eigenvalue weighted by molar-refractivity contribution is 6.11. The maximum atomic E-state index is 13.6. The predicted molar refractivity (Wildman–Crippen MR) is 126 cm³/mol. The highest BCUT2D eigenvalue weighted by atomic mass is 16.5. The number of carbonyl (C=O) groups excluding carboxylic acids is 2. The molecule has 0 radical (unpaired) electrons. The zero-order valence-electron chi connectivity index (χ0n) is 19.5. The van der Waals surface area contributed by atoms with Crippen molar-refractivity contribution in [2.24, 2.45) is 5.73 Å². The maximum Gasteiger partial charge on any atom is 0.329 e. The summed E-state index contributed by atoms with van der Waals surface area (Å²) in [5, 5.41) is 9.74. The van der Waals surface area contributed by atoms with Crippen LogP contribution in [0.5, 0.6) is 5.75 Å².